The number of anilines is 1. The van der Waals surface area contributed by atoms with E-state index in [9.17, 15) is 0 Å². The van der Waals surface area contributed by atoms with Crippen LogP contribution in [0.5, 0.6) is 0 Å². The highest BCUT2D eigenvalue weighted by Gasteiger charge is 2.28. The summed E-state index contributed by atoms with van der Waals surface area (Å²) in [5, 5.41) is 4.91. The SMILES string of the molecule is Cc1sc2ncnc(NC3CCCC(C)(C)C3)c2c1C. The van der Waals surface area contributed by atoms with Crippen molar-refractivity contribution in [2.24, 2.45) is 5.41 Å². The van der Waals surface area contributed by atoms with Crippen molar-refractivity contribution in [2.45, 2.75) is 59.4 Å². The van der Waals surface area contributed by atoms with Gasteiger partial charge in [-0.25, -0.2) is 9.97 Å². The Morgan fingerprint density at radius 1 is 1.30 bits per heavy atom. The van der Waals surface area contributed by atoms with Gasteiger partial charge < -0.3 is 5.32 Å². The van der Waals surface area contributed by atoms with Gasteiger partial charge in [-0.15, -0.1) is 11.3 Å². The van der Waals surface area contributed by atoms with Gasteiger partial charge in [0, 0.05) is 10.9 Å². The van der Waals surface area contributed by atoms with E-state index < -0.39 is 0 Å². The summed E-state index contributed by atoms with van der Waals surface area (Å²) >= 11 is 1.76. The second-order valence-electron chi connectivity index (χ2n) is 6.79. The third-order valence-corrected chi connectivity index (χ3v) is 5.63. The van der Waals surface area contributed by atoms with Gasteiger partial charge in [-0.3, -0.25) is 0 Å². The molecule has 0 bridgehead atoms. The molecule has 2 heterocycles. The number of aryl methyl sites for hydroxylation is 2. The van der Waals surface area contributed by atoms with Crippen molar-refractivity contribution in [1.82, 2.24) is 9.97 Å². The van der Waals surface area contributed by atoms with Crippen LogP contribution in [0.25, 0.3) is 10.2 Å². The summed E-state index contributed by atoms with van der Waals surface area (Å²) in [6.07, 6.45) is 6.80. The van der Waals surface area contributed by atoms with Gasteiger partial charge in [0.15, 0.2) is 0 Å². The largest absolute Gasteiger partial charge is 0.367 e. The Balaban J connectivity index is 1.91. The van der Waals surface area contributed by atoms with Crippen LogP contribution in [0.15, 0.2) is 6.33 Å². The van der Waals surface area contributed by atoms with Crippen LogP contribution in [-0.4, -0.2) is 16.0 Å². The van der Waals surface area contributed by atoms with E-state index in [1.807, 2.05) is 0 Å². The van der Waals surface area contributed by atoms with Crippen LogP contribution in [-0.2, 0) is 0 Å². The van der Waals surface area contributed by atoms with Gasteiger partial charge in [-0.1, -0.05) is 20.3 Å². The minimum atomic E-state index is 0.446. The zero-order chi connectivity index (χ0) is 14.3. The summed E-state index contributed by atoms with van der Waals surface area (Å²) in [6, 6.07) is 0.538. The van der Waals surface area contributed by atoms with Gasteiger partial charge in [0.2, 0.25) is 0 Å². The van der Waals surface area contributed by atoms with Crippen molar-refractivity contribution in [1.29, 1.82) is 0 Å². The third kappa shape index (κ3) is 2.53. The number of nitrogens with one attached hydrogen (secondary N) is 1. The molecule has 2 aromatic rings. The molecule has 0 aliphatic heterocycles. The molecule has 20 heavy (non-hydrogen) atoms. The standard InChI is InChI=1S/C16H23N3S/c1-10-11(2)20-15-13(10)14(17-9-18-15)19-12-6-5-7-16(3,4)8-12/h9,12H,5-8H2,1-4H3,(H,17,18,19). The summed E-state index contributed by atoms with van der Waals surface area (Å²) in [5.41, 5.74) is 1.77. The molecule has 0 spiro atoms. The smallest absolute Gasteiger partial charge is 0.138 e. The number of fused-ring (bicyclic) bond motifs is 1. The summed E-state index contributed by atoms with van der Waals surface area (Å²) in [6.45, 7) is 9.08. The van der Waals surface area contributed by atoms with Crippen molar-refractivity contribution in [2.75, 3.05) is 5.32 Å². The first-order valence-corrected chi connectivity index (χ1v) is 8.25. The highest BCUT2D eigenvalue weighted by molar-refractivity contribution is 7.18. The van der Waals surface area contributed by atoms with Crippen LogP contribution in [0.4, 0.5) is 5.82 Å². The van der Waals surface area contributed by atoms with E-state index in [2.05, 4.69) is 43.0 Å². The molecule has 0 radical (unpaired) electrons. The number of nitrogens with zero attached hydrogens (tertiary/aromatic N) is 2. The third-order valence-electron chi connectivity index (χ3n) is 4.51. The van der Waals surface area contributed by atoms with E-state index in [0.29, 0.717) is 11.5 Å². The second-order valence-corrected chi connectivity index (χ2v) is 7.99. The lowest BCUT2D eigenvalue weighted by molar-refractivity contribution is 0.229. The molecule has 1 atom stereocenters. The zero-order valence-electron chi connectivity index (χ0n) is 12.8. The topological polar surface area (TPSA) is 37.8 Å². The Hall–Kier alpha value is -1.16. The summed E-state index contributed by atoms with van der Waals surface area (Å²) in [4.78, 5) is 11.4. The van der Waals surface area contributed by atoms with Gasteiger partial charge >= 0.3 is 0 Å². The van der Waals surface area contributed by atoms with E-state index >= 15 is 0 Å². The maximum atomic E-state index is 4.51. The Morgan fingerprint density at radius 2 is 2.10 bits per heavy atom. The Bertz CT molecular complexity index is 630. The molecule has 1 aliphatic rings. The van der Waals surface area contributed by atoms with Gasteiger partial charge in [-0.2, -0.15) is 0 Å². The lowest BCUT2D eigenvalue weighted by Gasteiger charge is -2.35. The first kappa shape index (κ1) is 13.8. The average Bonchev–Trinajstić information content (AvgIpc) is 2.65. The van der Waals surface area contributed by atoms with Gasteiger partial charge in [0.1, 0.15) is 17.0 Å². The van der Waals surface area contributed by atoms with Crippen LogP contribution in [0.3, 0.4) is 0 Å². The fraction of sp³-hybridized carbons (Fsp3) is 0.625. The van der Waals surface area contributed by atoms with Crippen LogP contribution in [0, 0.1) is 19.3 Å². The minimum absolute atomic E-state index is 0.446. The number of hydrogen-bond acceptors (Lipinski definition) is 4. The van der Waals surface area contributed by atoms with Gasteiger partial charge in [0.05, 0.1) is 5.39 Å². The number of aromatic nitrogens is 2. The van der Waals surface area contributed by atoms with Crippen molar-refractivity contribution in [3.8, 4) is 0 Å². The summed E-state index contributed by atoms with van der Waals surface area (Å²) < 4.78 is 0. The highest BCUT2D eigenvalue weighted by Crippen LogP contribution is 2.38. The highest BCUT2D eigenvalue weighted by atomic mass is 32.1. The maximum Gasteiger partial charge on any atom is 0.138 e. The molecule has 1 aliphatic carbocycles. The van der Waals surface area contributed by atoms with E-state index in [4.69, 9.17) is 0 Å². The first-order chi connectivity index (χ1) is 9.46. The lowest BCUT2D eigenvalue weighted by atomic mass is 9.75. The summed E-state index contributed by atoms with van der Waals surface area (Å²) in [5.74, 6) is 1.03. The quantitative estimate of drug-likeness (QED) is 0.871. The zero-order valence-corrected chi connectivity index (χ0v) is 13.6. The van der Waals surface area contributed by atoms with Crippen molar-refractivity contribution >= 4 is 27.4 Å². The van der Waals surface area contributed by atoms with Gasteiger partial charge in [0.25, 0.3) is 0 Å². The molecule has 1 N–H and O–H groups in total. The average molecular weight is 289 g/mol. The monoisotopic (exact) mass is 289 g/mol. The maximum absolute atomic E-state index is 4.51. The minimum Gasteiger partial charge on any atom is -0.367 e. The number of hydrogen-bond donors (Lipinski definition) is 1. The van der Waals surface area contributed by atoms with Crippen molar-refractivity contribution in [3.63, 3.8) is 0 Å². The fourth-order valence-corrected chi connectivity index (χ4v) is 4.30. The molecule has 1 fully saturated rings. The Kier molecular flexibility index (Phi) is 3.44. The number of thiophene rings is 1. The van der Waals surface area contributed by atoms with E-state index in [1.165, 1.54) is 41.5 Å². The molecular formula is C16H23N3S. The van der Waals surface area contributed by atoms with E-state index in [1.54, 1.807) is 17.7 Å². The molecule has 1 unspecified atom stereocenters. The molecule has 4 heteroatoms. The number of rotatable bonds is 2. The second kappa shape index (κ2) is 4.99. The predicted molar refractivity (Wildman–Crippen MR) is 86.5 cm³/mol. The molecule has 3 nitrogen and oxygen atoms in total. The first-order valence-electron chi connectivity index (χ1n) is 7.43. The molecule has 1 saturated carbocycles. The Labute approximate surface area is 124 Å². The molecule has 2 aromatic heterocycles. The van der Waals surface area contributed by atoms with Crippen molar-refractivity contribution < 1.29 is 0 Å². The fourth-order valence-electron chi connectivity index (χ4n) is 3.31. The van der Waals surface area contributed by atoms with Crippen LogP contribution >= 0.6 is 11.3 Å². The summed E-state index contributed by atoms with van der Waals surface area (Å²) in [7, 11) is 0. The molecule has 0 saturated heterocycles. The molecule has 0 amide bonds. The Morgan fingerprint density at radius 3 is 2.85 bits per heavy atom. The van der Waals surface area contributed by atoms with E-state index in [-0.39, 0.29) is 0 Å². The van der Waals surface area contributed by atoms with Crippen LogP contribution in [0.2, 0.25) is 0 Å². The van der Waals surface area contributed by atoms with Crippen molar-refractivity contribution in [3.05, 3.63) is 16.8 Å². The molecule has 3 rings (SSSR count). The van der Waals surface area contributed by atoms with Crippen LogP contribution < -0.4 is 5.32 Å². The predicted octanol–water partition coefficient (Wildman–Crippen LogP) is 4.69. The van der Waals surface area contributed by atoms with Crippen LogP contribution in [0.1, 0.15) is 50.0 Å². The normalized spacial score (nSPS) is 22.1. The lowest BCUT2D eigenvalue weighted by Crippen LogP contribution is -2.32. The van der Waals surface area contributed by atoms with Gasteiger partial charge in [-0.05, 0) is 44.1 Å². The molecular weight excluding hydrogens is 266 g/mol. The van der Waals surface area contributed by atoms with E-state index in [0.717, 1.165) is 10.6 Å². The molecule has 0 aromatic carbocycles. The molecule has 108 valence electrons.